The molecule has 2 N–H and O–H groups in total. The Labute approximate surface area is 185 Å². The first-order valence-electron chi connectivity index (χ1n) is 8.60. The number of nitro groups is 1. The zero-order valence-electron chi connectivity index (χ0n) is 15.9. The minimum Gasteiger partial charge on any atom is -0.504 e. The van der Waals surface area contributed by atoms with Gasteiger partial charge in [0.05, 0.1) is 16.9 Å². The van der Waals surface area contributed by atoms with Gasteiger partial charge in [-0.3, -0.25) is 25.1 Å². The number of nitrogens with zero attached hydrogens (tertiary/aromatic N) is 2. The van der Waals surface area contributed by atoms with E-state index < -0.39 is 23.3 Å². The van der Waals surface area contributed by atoms with E-state index >= 15 is 0 Å². The molecule has 0 radical (unpaired) electrons. The number of hydrogen-bond acceptors (Lipinski definition) is 9. The van der Waals surface area contributed by atoms with Gasteiger partial charge in [-0.1, -0.05) is 17.8 Å². The Morgan fingerprint density at radius 2 is 2.03 bits per heavy atom. The molecule has 0 aliphatic carbocycles. The van der Waals surface area contributed by atoms with Gasteiger partial charge in [0.15, 0.2) is 22.4 Å². The fourth-order valence-corrected chi connectivity index (χ4v) is 3.65. The van der Waals surface area contributed by atoms with Crippen LogP contribution < -0.4 is 14.9 Å². The van der Waals surface area contributed by atoms with E-state index in [0.29, 0.717) is 5.56 Å². The molecule has 0 saturated carbocycles. The zero-order valence-corrected chi connectivity index (χ0v) is 17.6. The van der Waals surface area contributed by atoms with Crippen LogP contribution in [-0.4, -0.2) is 44.9 Å². The van der Waals surface area contributed by atoms with Crippen LogP contribution in [0.25, 0.3) is 6.08 Å². The summed E-state index contributed by atoms with van der Waals surface area (Å²) in [6.45, 7) is -0.428. The number of carbonyl (C=O) groups excluding carboxylic acids is 2. The molecule has 0 aromatic heterocycles. The third-order valence-electron chi connectivity index (χ3n) is 3.95. The van der Waals surface area contributed by atoms with Crippen LogP contribution in [0.15, 0.2) is 47.4 Å². The van der Waals surface area contributed by atoms with Crippen LogP contribution in [0.3, 0.4) is 0 Å². The van der Waals surface area contributed by atoms with Crippen LogP contribution in [0.1, 0.15) is 5.56 Å². The van der Waals surface area contributed by atoms with E-state index in [2.05, 4.69) is 5.43 Å². The number of hydrazine groups is 1. The van der Waals surface area contributed by atoms with E-state index in [0.717, 1.165) is 16.8 Å². The molecular weight excluding hydrogens is 446 g/mol. The molecule has 2 aromatic rings. The van der Waals surface area contributed by atoms with Gasteiger partial charge in [0.2, 0.25) is 0 Å². The average molecular weight is 461 g/mol. The van der Waals surface area contributed by atoms with Crippen molar-refractivity contribution in [3.05, 3.63) is 63.0 Å². The van der Waals surface area contributed by atoms with Crippen molar-refractivity contribution in [3.63, 3.8) is 0 Å². The highest BCUT2D eigenvalue weighted by molar-refractivity contribution is 8.26. The molecule has 0 bridgehead atoms. The number of ether oxygens (including phenoxy) is 2. The number of non-ortho nitro benzene ring substituents is 1. The third-order valence-corrected chi connectivity index (χ3v) is 5.25. The van der Waals surface area contributed by atoms with Crippen molar-refractivity contribution >= 4 is 51.9 Å². The van der Waals surface area contributed by atoms with Gasteiger partial charge in [0, 0.05) is 12.1 Å². The predicted molar refractivity (Wildman–Crippen MR) is 116 cm³/mol. The Hall–Kier alpha value is -3.64. The molecule has 0 atom stereocenters. The molecule has 0 unspecified atom stereocenters. The molecular formula is C19H15N3O7S2. The van der Waals surface area contributed by atoms with Gasteiger partial charge in [-0.15, -0.1) is 0 Å². The Kier molecular flexibility index (Phi) is 6.72. The number of benzene rings is 2. The molecule has 12 heteroatoms. The Balaban J connectivity index is 1.61. The maximum Gasteiger partial charge on any atom is 0.285 e. The summed E-state index contributed by atoms with van der Waals surface area (Å²) in [5, 5.41) is 21.3. The van der Waals surface area contributed by atoms with Gasteiger partial charge in [-0.2, -0.15) is 5.01 Å². The summed E-state index contributed by atoms with van der Waals surface area (Å²) in [6.07, 6.45) is 1.56. The maximum absolute atomic E-state index is 12.6. The molecule has 0 spiro atoms. The lowest BCUT2D eigenvalue weighted by Crippen LogP contribution is -2.46. The molecule has 2 amide bonds. The molecule has 1 aliphatic rings. The molecule has 1 saturated heterocycles. The lowest BCUT2D eigenvalue weighted by molar-refractivity contribution is -0.384. The Morgan fingerprint density at radius 1 is 1.32 bits per heavy atom. The summed E-state index contributed by atoms with van der Waals surface area (Å²) in [5.41, 5.74) is 2.87. The molecule has 1 aliphatic heterocycles. The second kappa shape index (κ2) is 9.45. The van der Waals surface area contributed by atoms with Crippen molar-refractivity contribution in [2.75, 3.05) is 13.7 Å². The highest BCUT2D eigenvalue weighted by Crippen LogP contribution is 2.33. The van der Waals surface area contributed by atoms with Crippen molar-refractivity contribution in [1.29, 1.82) is 0 Å². The number of rotatable bonds is 7. The van der Waals surface area contributed by atoms with Crippen LogP contribution in [0.2, 0.25) is 0 Å². The molecule has 1 heterocycles. The summed E-state index contributed by atoms with van der Waals surface area (Å²) < 4.78 is 10.4. The van der Waals surface area contributed by atoms with Crippen molar-refractivity contribution in [1.82, 2.24) is 10.4 Å². The van der Waals surface area contributed by atoms with Crippen LogP contribution in [0, 0.1) is 10.1 Å². The summed E-state index contributed by atoms with van der Waals surface area (Å²) in [4.78, 5) is 35.1. The van der Waals surface area contributed by atoms with Gasteiger partial charge in [0.1, 0.15) is 5.75 Å². The van der Waals surface area contributed by atoms with Crippen LogP contribution >= 0.6 is 24.0 Å². The largest absolute Gasteiger partial charge is 0.504 e. The van der Waals surface area contributed by atoms with Gasteiger partial charge >= 0.3 is 0 Å². The fourth-order valence-electron chi connectivity index (χ4n) is 2.47. The number of thiocarbonyl (C=S) groups is 1. The third kappa shape index (κ3) is 5.29. The normalized spacial score (nSPS) is 14.6. The molecule has 160 valence electrons. The van der Waals surface area contributed by atoms with Gasteiger partial charge in [-0.05, 0) is 48.1 Å². The maximum atomic E-state index is 12.6. The predicted octanol–water partition coefficient (Wildman–Crippen LogP) is 2.62. The van der Waals surface area contributed by atoms with Crippen molar-refractivity contribution in [2.24, 2.45) is 0 Å². The van der Waals surface area contributed by atoms with Gasteiger partial charge in [-0.25, -0.2) is 0 Å². The standard InChI is InChI=1S/C19H15N3O7S2/c1-28-15-8-11(2-7-14(15)23)9-16-18(25)21(19(30)31-16)20-17(24)10-29-13-5-3-12(4-6-13)22(26)27/h2-9,23H,10H2,1H3,(H,20,24)/b16-9-. The monoisotopic (exact) mass is 461 g/mol. The number of nitrogens with one attached hydrogen (secondary N) is 1. The first-order chi connectivity index (χ1) is 14.8. The number of nitro benzene ring substituents is 1. The average Bonchev–Trinajstić information content (AvgIpc) is 3.01. The second-order valence-corrected chi connectivity index (χ2v) is 7.70. The molecule has 1 fully saturated rings. The molecule has 10 nitrogen and oxygen atoms in total. The van der Waals surface area contributed by atoms with Gasteiger partial charge in [0.25, 0.3) is 17.5 Å². The number of aromatic hydroxyl groups is 1. The topological polar surface area (TPSA) is 131 Å². The van der Waals surface area contributed by atoms with Crippen molar-refractivity contribution in [2.45, 2.75) is 0 Å². The summed E-state index contributed by atoms with van der Waals surface area (Å²) in [7, 11) is 1.41. The van der Waals surface area contributed by atoms with Crippen LogP contribution in [0.4, 0.5) is 5.69 Å². The Morgan fingerprint density at radius 3 is 2.68 bits per heavy atom. The summed E-state index contributed by atoms with van der Waals surface area (Å²) >= 11 is 6.16. The van der Waals surface area contributed by atoms with Crippen LogP contribution in [-0.2, 0) is 9.59 Å². The SMILES string of the molecule is COc1cc(/C=C2\SC(=S)N(NC(=O)COc3ccc([N+](=O)[O-])cc3)C2=O)ccc1O. The minimum atomic E-state index is -0.637. The van der Waals surface area contributed by atoms with E-state index in [4.69, 9.17) is 21.7 Å². The smallest absolute Gasteiger partial charge is 0.285 e. The fraction of sp³-hybridized carbons (Fsp3) is 0.105. The lowest BCUT2D eigenvalue weighted by atomic mass is 10.2. The van der Waals surface area contributed by atoms with E-state index in [9.17, 15) is 24.8 Å². The van der Waals surface area contributed by atoms with Crippen molar-refractivity contribution in [3.8, 4) is 17.2 Å². The van der Waals surface area contributed by atoms with Gasteiger partial charge < -0.3 is 14.6 Å². The summed E-state index contributed by atoms with van der Waals surface area (Å²) in [6, 6.07) is 9.80. The molecule has 2 aromatic carbocycles. The highest BCUT2D eigenvalue weighted by atomic mass is 32.2. The van der Waals surface area contributed by atoms with E-state index in [1.807, 2.05) is 0 Å². The number of hydrogen-bond donors (Lipinski definition) is 2. The van der Waals surface area contributed by atoms with Crippen LogP contribution in [0.5, 0.6) is 17.2 Å². The van der Waals surface area contributed by atoms with E-state index in [-0.39, 0.29) is 32.2 Å². The highest BCUT2D eigenvalue weighted by Gasteiger charge is 2.33. The first kappa shape index (κ1) is 22.1. The number of methoxy groups -OCH3 is 1. The first-order valence-corrected chi connectivity index (χ1v) is 9.82. The lowest BCUT2D eigenvalue weighted by Gasteiger charge is -2.15. The number of phenols is 1. The van der Waals surface area contributed by atoms with Crippen molar-refractivity contribution < 1.29 is 29.1 Å². The number of amides is 2. The number of carbonyl (C=O) groups is 2. The number of thioether (sulfide) groups is 1. The summed E-state index contributed by atoms with van der Waals surface area (Å²) in [5.74, 6) is -0.686. The molecule has 31 heavy (non-hydrogen) atoms. The minimum absolute atomic E-state index is 0.0347. The quantitative estimate of drug-likeness (QED) is 0.276. The molecule has 3 rings (SSSR count). The number of phenolic OH excluding ortho intramolecular Hbond substituents is 1. The zero-order chi connectivity index (χ0) is 22.5. The second-order valence-electron chi connectivity index (χ2n) is 6.02. The van der Waals surface area contributed by atoms with E-state index in [1.165, 1.54) is 37.4 Å². The van der Waals surface area contributed by atoms with E-state index in [1.54, 1.807) is 18.2 Å². The Bertz CT molecular complexity index is 1090.